The molecule has 13 nitrogen and oxygen atoms in total. The topological polar surface area (TPSA) is 203 Å². The van der Waals surface area contributed by atoms with Crippen LogP contribution in [-0.2, 0) is 30.4 Å². The third kappa shape index (κ3) is 8.14. The average molecular weight is 481 g/mol. The molecule has 1 aliphatic rings. The van der Waals surface area contributed by atoms with Crippen molar-refractivity contribution in [1.82, 2.24) is 31.2 Å². The van der Waals surface area contributed by atoms with Crippen LogP contribution >= 0.6 is 0 Å². The molecule has 188 valence electrons. The molecular weight excluding hydrogens is 448 g/mol. The van der Waals surface area contributed by atoms with E-state index in [9.17, 15) is 29.1 Å². The van der Waals surface area contributed by atoms with Crippen molar-refractivity contribution in [3.8, 4) is 0 Å². The van der Waals surface area contributed by atoms with Crippen molar-refractivity contribution in [2.45, 2.75) is 70.1 Å². The van der Waals surface area contributed by atoms with Gasteiger partial charge in [0.25, 0.3) is 0 Å². The zero-order chi connectivity index (χ0) is 25.3. The number of H-pyrrole nitrogens is 1. The number of amides is 3. The van der Waals surface area contributed by atoms with E-state index in [4.69, 9.17) is 5.11 Å². The van der Waals surface area contributed by atoms with Gasteiger partial charge >= 0.3 is 11.9 Å². The summed E-state index contributed by atoms with van der Waals surface area (Å²) < 4.78 is 0. The molecular formula is C21H32N6O7. The molecule has 1 fully saturated rings. The second kappa shape index (κ2) is 12.7. The molecule has 0 bridgehead atoms. The van der Waals surface area contributed by atoms with Gasteiger partial charge in [0, 0.05) is 24.7 Å². The second-order valence-electron chi connectivity index (χ2n) is 8.55. The van der Waals surface area contributed by atoms with E-state index < -0.39 is 59.7 Å². The van der Waals surface area contributed by atoms with Crippen molar-refractivity contribution in [2.24, 2.45) is 5.92 Å². The summed E-state index contributed by atoms with van der Waals surface area (Å²) in [5.41, 5.74) is 0.509. The van der Waals surface area contributed by atoms with Crippen molar-refractivity contribution in [3.05, 3.63) is 18.2 Å². The number of carbonyl (C=O) groups is 5. The molecule has 1 aliphatic heterocycles. The van der Waals surface area contributed by atoms with Gasteiger partial charge in [-0.05, 0) is 31.7 Å². The summed E-state index contributed by atoms with van der Waals surface area (Å²) in [4.78, 5) is 67.6. The number of nitrogens with one attached hydrogen (secondary N) is 5. The van der Waals surface area contributed by atoms with E-state index in [0.29, 0.717) is 18.7 Å². The van der Waals surface area contributed by atoms with Crippen LogP contribution in [0.5, 0.6) is 0 Å². The molecule has 7 N–H and O–H groups in total. The monoisotopic (exact) mass is 480 g/mol. The van der Waals surface area contributed by atoms with E-state index in [-0.39, 0.29) is 19.3 Å². The molecule has 0 saturated carbocycles. The predicted molar refractivity (Wildman–Crippen MR) is 118 cm³/mol. The van der Waals surface area contributed by atoms with Crippen LogP contribution in [0.15, 0.2) is 12.5 Å². The lowest BCUT2D eigenvalue weighted by molar-refractivity contribution is -0.142. The maximum absolute atomic E-state index is 13.0. The Morgan fingerprint density at radius 1 is 1.09 bits per heavy atom. The summed E-state index contributed by atoms with van der Waals surface area (Å²) in [5, 5.41) is 29.1. The largest absolute Gasteiger partial charge is 0.481 e. The lowest BCUT2D eigenvalue weighted by atomic mass is 10.0. The summed E-state index contributed by atoms with van der Waals surface area (Å²) in [6.07, 6.45) is 3.68. The number of carbonyl (C=O) groups excluding carboxylic acids is 3. The first-order valence-electron chi connectivity index (χ1n) is 11.1. The molecule has 13 heteroatoms. The minimum absolute atomic E-state index is 0.0362. The Kier molecular flexibility index (Phi) is 9.98. The second-order valence-corrected chi connectivity index (χ2v) is 8.55. The third-order valence-electron chi connectivity index (χ3n) is 5.50. The predicted octanol–water partition coefficient (Wildman–Crippen LogP) is -1.24. The molecule has 0 radical (unpaired) electrons. The number of aromatic nitrogens is 2. The number of imidazole rings is 1. The molecule has 34 heavy (non-hydrogen) atoms. The molecule has 0 spiro atoms. The number of hydrogen-bond acceptors (Lipinski definition) is 7. The number of aromatic amines is 1. The zero-order valence-electron chi connectivity index (χ0n) is 19.2. The van der Waals surface area contributed by atoms with Gasteiger partial charge in [-0.15, -0.1) is 0 Å². The van der Waals surface area contributed by atoms with Gasteiger partial charge < -0.3 is 36.5 Å². The van der Waals surface area contributed by atoms with Gasteiger partial charge in [-0.1, -0.05) is 13.8 Å². The van der Waals surface area contributed by atoms with Crippen LogP contribution in [0.1, 0.15) is 45.2 Å². The van der Waals surface area contributed by atoms with Crippen molar-refractivity contribution >= 4 is 29.7 Å². The quantitative estimate of drug-likeness (QED) is 0.180. The summed E-state index contributed by atoms with van der Waals surface area (Å²) in [5.74, 6) is -4.66. The first kappa shape index (κ1) is 26.8. The van der Waals surface area contributed by atoms with Gasteiger partial charge in [-0.2, -0.15) is 0 Å². The van der Waals surface area contributed by atoms with E-state index in [2.05, 4.69) is 31.2 Å². The maximum atomic E-state index is 13.0. The van der Waals surface area contributed by atoms with Crippen LogP contribution in [0.25, 0.3) is 0 Å². The fourth-order valence-corrected chi connectivity index (χ4v) is 3.58. The van der Waals surface area contributed by atoms with Crippen LogP contribution in [0.3, 0.4) is 0 Å². The van der Waals surface area contributed by atoms with Crippen LogP contribution in [0.4, 0.5) is 0 Å². The molecule has 0 aromatic carbocycles. The normalized spacial score (nSPS) is 18.0. The minimum atomic E-state index is -1.26. The molecule has 1 saturated heterocycles. The van der Waals surface area contributed by atoms with Gasteiger partial charge in [-0.25, -0.2) is 9.78 Å². The van der Waals surface area contributed by atoms with Crippen molar-refractivity contribution < 1.29 is 34.2 Å². The Balaban J connectivity index is 2.08. The van der Waals surface area contributed by atoms with Gasteiger partial charge in [-0.3, -0.25) is 19.2 Å². The third-order valence-corrected chi connectivity index (χ3v) is 5.50. The molecule has 2 heterocycles. The van der Waals surface area contributed by atoms with E-state index in [1.165, 1.54) is 12.5 Å². The Labute approximate surface area is 196 Å². The first-order valence-corrected chi connectivity index (χ1v) is 11.1. The van der Waals surface area contributed by atoms with Crippen LogP contribution in [-0.4, -0.2) is 80.6 Å². The number of carboxylic acids is 2. The van der Waals surface area contributed by atoms with E-state index in [1.54, 1.807) is 13.8 Å². The fraction of sp³-hybridized carbons (Fsp3) is 0.619. The Hall–Kier alpha value is -3.48. The van der Waals surface area contributed by atoms with E-state index in [0.717, 1.165) is 6.42 Å². The molecule has 4 unspecified atom stereocenters. The standard InChI is InChI=1S/C21H32N6O7/c1-11(2)17(20(32)26-15(21(33)34)8-12-9-22-10-24-12)27-19(31)14(5-6-16(28)29)25-18(30)13-4-3-7-23-13/h9-11,13-15,17,23H,3-8H2,1-2H3,(H,22,24)(H,25,30)(H,26,32)(H,27,31)(H,28,29)(H,33,34). The highest BCUT2D eigenvalue weighted by molar-refractivity contribution is 5.94. The summed E-state index contributed by atoms with van der Waals surface area (Å²) in [6.45, 7) is 4.01. The molecule has 0 aliphatic carbocycles. The highest BCUT2D eigenvalue weighted by Crippen LogP contribution is 2.09. The van der Waals surface area contributed by atoms with Crippen LogP contribution in [0.2, 0.25) is 0 Å². The summed E-state index contributed by atoms with van der Waals surface area (Å²) in [6, 6.07) is -4.00. The van der Waals surface area contributed by atoms with Gasteiger partial charge in [0.15, 0.2) is 0 Å². The highest BCUT2D eigenvalue weighted by Gasteiger charge is 2.33. The number of rotatable bonds is 13. The van der Waals surface area contributed by atoms with Gasteiger partial charge in [0.1, 0.15) is 18.1 Å². The first-order chi connectivity index (χ1) is 16.1. The smallest absolute Gasteiger partial charge is 0.326 e. The number of hydrogen-bond donors (Lipinski definition) is 7. The molecule has 1 aromatic rings. The van der Waals surface area contributed by atoms with Crippen molar-refractivity contribution in [2.75, 3.05) is 6.54 Å². The number of aliphatic carboxylic acids is 2. The maximum Gasteiger partial charge on any atom is 0.326 e. The molecule has 1 aromatic heterocycles. The van der Waals surface area contributed by atoms with Gasteiger partial charge in [0.05, 0.1) is 12.4 Å². The molecule has 3 amide bonds. The summed E-state index contributed by atoms with van der Waals surface area (Å²) >= 11 is 0. The Morgan fingerprint density at radius 3 is 2.35 bits per heavy atom. The van der Waals surface area contributed by atoms with Crippen LogP contribution in [0, 0.1) is 5.92 Å². The Bertz CT molecular complexity index is 867. The van der Waals surface area contributed by atoms with Crippen LogP contribution < -0.4 is 21.3 Å². The van der Waals surface area contributed by atoms with E-state index in [1.807, 2.05) is 0 Å². The lowest BCUT2D eigenvalue weighted by Gasteiger charge is -2.27. The van der Waals surface area contributed by atoms with Crippen molar-refractivity contribution in [1.29, 1.82) is 0 Å². The fourth-order valence-electron chi connectivity index (χ4n) is 3.58. The highest BCUT2D eigenvalue weighted by atomic mass is 16.4. The zero-order valence-corrected chi connectivity index (χ0v) is 19.2. The summed E-state index contributed by atoms with van der Waals surface area (Å²) in [7, 11) is 0. The minimum Gasteiger partial charge on any atom is -0.481 e. The number of carboxylic acid groups (broad SMARTS) is 2. The molecule has 2 rings (SSSR count). The molecule has 4 atom stereocenters. The Morgan fingerprint density at radius 2 is 1.82 bits per heavy atom. The van der Waals surface area contributed by atoms with Crippen molar-refractivity contribution in [3.63, 3.8) is 0 Å². The average Bonchev–Trinajstić information content (AvgIpc) is 3.47. The van der Waals surface area contributed by atoms with Gasteiger partial charge in [0.2, 0.25) is 17.7 Å². The number of nitrogens with zero attached hydrogens (tertiary/aromatic N) is 1. The SMILES string of the molecule is CC(C)C(NC(=O)C(CCC(=O)O)NC(=O)C1CCCN1)C(=O)NC(Cc1cnc[nH]1)C(=O)O. The lowest BCUT2D eigenvalue weighted by Crippen LogP contribution is -2.58. The van der Waals surface area contributed by atoms with E-state index >= 15 is 0 Å².